The molecule has 0 spiro atoms. The highest BCUT2D eigenvalue weighted by Gasteiger charge is 2.00. The van der Waals surface area contributed by atoms with Gasteiger partial charge in [-0.15, -0.1) is 0 Å². The van der Waals surface area contributed by atoms with Gasteiger partial charge in [-0.1, -0.05) is 41.9 Å². The van der Waals surface area contributed by atoms with Crippen molar-refractivity contribution in [2.75, 3.05) is 23.8 Å². The lowest BCUT2D eigenvalue weighted by Crippen LogP contribution is -2.14. The maximum absolute atomic E-state index is 5.89. The quantitative estimate of drug-likeness (QED) is 0.593. The zero-order chi connectivity index (χ0) is 17.3. The molecule has 0 bridgehead atoms. The Morgan fingerprint density at radius 3 is 2.52 bits per heavy atom. The maximum atomic E-state index is 5.89. The zero-order valence-electron chi connectivity index (χ0n) is 13.7. The van der Waals surface area contributed by atoms with Crippen LogP contribution in [0, 0.1) is 0 Å². The third-order valence-corrected chi connectivity index (χ3v) is 3.69. The lowest BCUT2D eigenvalue weighted by Gasteiger charge is -2.09. The molecule has 1 heterocycles. The van der Waals surface area contributed by atoms with Crippen molar-refractivity contribution in [3.63, 3.8) is 0 Å². The van der Waals surface area contributed by atoms with Crippen molar-refractivity contribution in [2.45, 2.75) is 6.54 Å². The average molecular weight is 355 g/mol. The van der Waals surface area contributed by atoms with Gasteiger partial charge in [-0.25, -0.2) is 4.98 Å². The van der Waals surface area contributed by atoms with Crippen molar-refractivity contribution < 1.29 is 4.74 Å². The van der Waals surface area contributed by atoms with E-state index in [0.717, 1.165) is 22.2 Å². The second kappa shape index (κ2) is 8.89. The molecule has 2 N–H and O–H groups in total. The SMILES string of the molecule is Clc1ccc(CNc2ccnc(NCCOc3ccccc3)n2)cc1. The molecule has 128 valence electrons. The fourth-order valence-corrected chi connectivity index (χ4v) is 2.31. The molecule has 0 fully saturated rings. The number of aromatic nitrogens is 2. The molecule has 0 saturated heterocycles. The Labute approximate surface area is 152 Å². The Morgan fingerprint density at radius 2 is 1.72 bits per heavy atom. The predicted octanol–water partition coefficient (Wildman–Crippen LogP) is 4.23. The number of ether oxygens (including phenoxy) is 1. The van der Waals surface area contributed by atoms with E-state index in [1.807, 2.05) is 60.7 Å². The molecule has 0 radical (unpaired) electrons. The molecule has 0 aliphatic rings. The summed E-state index contributed by atoms with van der Waals surface area (Å²) in [4.78, 5) is 8.65. The van der Waals surface area contributed by atoms with Crippen LogP contribution in [-0.4, -0.2) is 23.1 Å². The highest BCUT2D eigenvalue weighted by atomic mass is 35.5. The van der Waals surface area contributed by atoms with E-state index in [1.165, 1.54) is 0 Å². The van der Waals surface area contributed by atoms with E-state index in [2.05, 4.69) is 20.6 Å². The van der Waals surface area contributed by atoms with E-state index < -0.39 is 0 Å². The van der Waals surface area contributed by atoms with Gasteiger partial charge in [0, 0.05) is 17.8 Å². The van der Waals surface area contributed by atoms with Crippen LogP contribution in [0.5, 0.6) is 5.75 Å². The predicted molar refractivity (Wildman–Crippen MR) is 101 cm³/mol. The van der Waals surface area contributed by atoms with Gasteiger partial charge in [-0.05, 0) is 35.9 Å². The van der Waals surface area contributed by atoms with Crippen LogP contribution in [0.1, 0.15) is 5.56 Å². The van der Waals surface area contributed by atoms with Crippen LogP contribution in [-0.2, 0) is 6.54 Å². The molecule has 0 saturated carbocycles. The summed E-state index contributed by atoms with van der Waals surface area (Å²) in [5.41, 5.74) is 1.13. The highest BCUT2D eigenvalue weighted by Crippen LogP contribution is 2.12. The lowest BCUT2D eigenvalue weighted by atomic mass is 10.2. The Bertz CT molecular complexity index is 781. The van der Waals surface area contributed by atoms with Crippen LogP contribution >= 0.6 is 11.6 Å². The summed E-state index contributed by atoms with van der Waals surface area (Å²) in [5.74, 6) is 2.18. The molecule has 0 aliphatic carbocycles. The summed E-state index contributed by atoms with van der Waals surface area (Å²) in [6.45, 7) is 1.83. The number of para-hydroxylation sites is 1. The number of rotatable bonds is 8. The van der Waals surface area contributed by atoms with Gasteiger partial charge in [-0.3, -0.25) is 0 Å². The Balaban J connectivity index is 1.45. The molecule has 0 aliphatic heterocycles. The normalized spacial score (nSPS) is 10.3. The number of benzene rings is 2. The van der Waals surface area contributed by atoms with E-state index >= 15 is 0 Å². The molecular weight excluding hydrogens is 336 g/mol. The minimum Gasteiger partial charge on any atom is -0.492 e. The zero-order valence-corrected chi connectivity index (χ0v) is 14.4. The summed E-state index contributed by atoms with van der Waals surface area (Å²) in [6, 6.07) is 19.3. The van der Waals surface area contributed by atoms with Crippen molar-refractivity contribution >= 4 is 23.4 Å². The van der Waals surface area contributed by atoms with E-state index in [4.69, 9.17) is 16.3 Å². The third-order valence-electron chi connectivity index (χ3n) is 3.44. The molecular formula is C19H19ClN4O. The highest BCUT2D eigenvalue weighted by molar-refractivity contribution is 6.30. The topological polar surface area (TPSA) is 59.1 Å². The molecule has 6 heteroatoms. The molecule has 3 aromatic rings. The van der Waals surface area contributed by atoms with Crippen LogP contribution in [0.15, 0.2) is 66.9 Å². The Hall–Kier alpha value is -2.79. The van der Waals surface area contributed by atoms with Crippen LogP contribution in [0.3, 0.4) is 0 Å². The smallest absolute Gasteiger partial charge is 0.224 e. The van der Waals surface area contributed by atoms with Gasteiger partial charge in [0.05, 0.1) is 6.54 Å². The number of nitrogens with zero attached hydrogens (tertiary/aromatic N) is 2. The maximum Gasteiger partial charge on any atom is 0.224 e. The minimum absolute atomic E-state index is 0.538. The molecule has 0 amide bonds. The number of hydrogen-bond donors (Lipinski definition) is 2. The van der Waals surface area contributed by atoms with Gasteiger partial charge in [0.25, 0.3) is 0 Å². The molecule has 3 rings (SSSR count). The first-order valence-electron chi connectivity index (χ1n) is 8.03. The van der Waals surface area contributed by atoms with E-state index in [-0.39, 0.29) is 0 Å². The van der Waals surface area contributed by atoms with Crippen molar-refractivity contribution in [1.82, 2.24) is 9.97 Å². The molecule has 25 heavy (non-hydrogen) atoms. The van der Waals surface area contributed by atoms with E-state index in [1.54, 1.807) is 6.20 Å². The van der Waals surface area contributed by atoms with Crippen molar-refractivity contribution in [3.8, 4) is 5.75 Å². The van der Waals surface area contributed by atoms with E-state index in [0.29, 0.717) is 25.6 Å². The molecule has 1 aromatic heterocycles. The van der Waals surface area contributed by atoms with Crippen LogP contribution < -0.4 is 15.4 Å². The molecule has 0 atom stereocenters. The number of halogens is 1. The van der Waals surface area contributed by atoms with Gasteiger partial charge in [-0.2, -0.15) is 4.98 Å². The molecule has 2 aromatic carbocycles. The van der Waals surface area contributed by atoms with Crippen molar-refractivity contribution in [3.05, 3.63) is 77.4 Å². The summed E-state index contributed by atoms with van der Waals surface area (Å²) >= 11 is 5.89. The van der Waals surface area contributed by atoms with Crippen LogP contribution in [0.4, 0.5) is 11.8 Å². The second-order valence-electron chi connectivity index (χ2n) is 5.33. The summed E-state index contributed by atoms with van der Waals surface area (Å²) in [7, 11) is 0. The minimum atomic E-state index is 0.538. The Morgan fingerprint density at radius 1 is 0.920 bits per heavy atom. The molecule has 5 nitrogen and oxygen atoms in total. The summed E-state index contributed by atoms with van der Waals surface area (Å²) in [6.07, 6.45) is 1.72. The fourth-order valence-electron chi connectivity index (χ4n) is 2.19. The number of nitrogens with one attached hydrogen (secondary N) is 2. The van der Waals surface area contributed by atoms with Gasteiger partial charge >= 0.3 is 0 Å². The number of hydrogen-bond acceptors (Lipinski definition) is 5. The van der Waals surface area contributed by atoms with Crippen LogP contribution in [0.25, 0.3) is 0 Å². The van der Waals surface area contributed by atoms with Gasteiger partial charge in [0.2, 0.25) is 5.95 Å². The van der Waals surface area contributed by atoms with E-state index in [9.17, 15) is 0 Å². The second-order valence-corrected chi connectivity index (χ2v) is 5.77. The first-order chi connectivity index (χ1) is 12.3. The lowest BCUT2D eigenvalue weighted by molar-refractivity contribution is 0.332. The van der Waals surface area contributed by atoms with Crippen molar-refractivity contribution in [2.24, 2.45) is 0 Å². The average Bonchev–Trinajstić information content (AvgIpc) is 2.66. The molecule has 0 unspecified atom stereocenters. The number of anilines is 2. The van der Waals surface area contributed by atoms with Crippen molar-refractivity contribution in [1.29, 1.82) is 0 Å². The van der Waals surface area contributed by atoms with Crippen LogP contribution in [0.2, 0.25) is 5.02 Å². The summed E-state index contributed by atoms with van der Waals surface area (Å²) < 4.78 is 5.63. The third kappa shape index (κ3) is 5.65. The Kier molecular flexibility index (Phi) is 6.06. The monoisotopic (exact) mass is 354 g/mol. The first kappa shape index (κ1) is 17.0. The van der Waals surface area contributed by atoms with Gasteiger partial charge in [0.15, 0.2) is 0 Å². The standard InChI is InChI=1S/C19H19ClN4O/c20-16-8-6-15(7-9-16)14-23-18-10-11-21-19(24-18)22-12-13-25-17-4-2-1-3-5-17/h1-11H,12-14H2,(H2,21,22,23,24). The van der Waals surface area contributed by atoms with Gasteiger partial charge < -0.3 is 15.4 Å². The largest absolute Gasteiger partial charge is 0.492 e. The first-order valence-corrected chi connectivity index (χ1v) is 8.40. The van der Waals surface area contributed by atoms with Gasteiger partial charge in [0.1, 0.15) is 18.2 Å². The fraction of sp³-hybridized carbons (Fsp3) is 0.158. The summed E-state index contributed by atoms with van der Waals surface area (Å²) in [5, 5.41) is 7.16.